The largest absolute Gasteiger partial charge is 0.481 e. The van der Waals surface area contributed by atoms with Crippen LogP contribution in [0, 0.1) is 0 Å². The van der Waals surface area contributed by atoms with Gasteiger partial charge in [-0.2, -0.15) is 4.98 Å². The third kappa shape index (κ3) is 2.93. The predicted octanol–water partition coefficient (Wildman–Crippen LogP) is 0.864. The summed E-state index contributed by atoms with van der Waals surface area (Å²) >= 11 is 1.30. The van der Waals surface area contributed by atoms with Crippen molar-refractivity contribution in [2.45, 2.75) is 11.6 Å². The van der Waals surface area contributed by atoms with Crippen molar-refractivity contribution in [1.82, 2.24) is 9.97 Å². The molecule has 0 aliphatic carbocycles. The van der Waals surface area contributed by atoms with Crippen molar-refractivity contribution in [1.29, 1.82) is 0 Å². The van der Waals surface area contributed by atoms with Gasteiger partial charge in [0, 0.05) is 6.20 Å². The van der Waals surface area contributed by atoms with Crippen LogP contribution in [0.1, 0.15) is 16.8 Å². The molecule has 0 bridgehead atoms. The Morgan fingerprint density at radius 3 is 2.75 bits per heavy atom. The second kappa shape index (κ2) is 5.45. The van der Waals surface area contributed by atoms with Crippen LogP contribution in [0.15, 0.2) is 11.4 Å². The minimum absolute atomic E-state index is 0.0858. The molecule has 6 nitrogen and oxygen atoms in total. The highest BCUT2D eigenvalue weighted by molar-refractivity contribution is 7.98. The van der Waals surface area contributed by atoms with Crippen LogP contribution in [0.25, 0.3) is 0 Å². The van der Waals surface area contributed by atoms with Crippen molar-refractivity contribution >= 4 is 23.5 Å². The Bertz CT molecular complexity index is 422. The monoisotopic (exact) mass is 242 g/mol. The number of ether oxygens (including phenoxy) is 1. The molecule has 0 radical (unpaired) electrons. The topological polar surface area (TPSA) is 89.4 Å². The van der Waals surface area contributed by atoms with E-state index < -0.39 is 18.2 Å². The average Bonchev–Trinajstić information content (AvgIpc) is 2.27. The minimum atomic E-state index is -1.19. The van der Waals surface area contributed by atoms with E-state index in [0.717, 1.165) is 0 Å². The summed E-state index contributed by atoms with van der Waals surface area (Å²) in [5, 5.41) is 8.96. The number of aliphatic carboxylic acids is 1. The van der Waals surface area contributed by atoms with E-state index in [9.17, 15) is 9.59 Å². The standard InChI is InChI=1S/C9H10N2O4S/c1-15-8-5(6(12)3-7(13)14)4-10-9(11-8)16-2/h4H,3H2,1-2H3,(H,13,14). The van der Waals surface area contributed by atoms with Crippen molar-refractivity contribution in [3.8, 4) is 5.88 Å². The molecule has 0 saturated carbocycles. The first kappa shape index (κ1) is 12.4. The van der Waals surface area contributed by atoms with Crippen LogP contribution in [0.2, 0.25) is 0 Å². The highest BCUT2D eigenvalue weighted by Gasteiger charge is 2.17. The molecule has 1 aromatic rings. The van der Waals surface area contributed by atoms with Gasteiger partial charge < -0.3 is 9.84 Å². The molecule has 1 N–H and O–H groups in total. The molecule has 0 saturated heterocycles. The van der Waals surface area contributed by atoms with Gasteiger partial charge in [-0.25, -0.2) is 4.98 Å². The fourth-order valence-corrected chi connectivity index (χ4v) is 1.36. The molecule has 0 fully saturated rings. The van der Waals surface area contributed by atoms with Gasteiger partial charge in [-0.3, -0.25) is 9.59 Å². The van der Waals surface area contributed by atoms with Gasteiger partial charge in [-0.1, -0.05) is 11.8 Å². The number of hydrogen-bond acceptors (Lipinski definition) is 6. The lowest BCUT2D eigenvalue weighted by Gasteiger charge is -2.05. The van der Waals surface area contributed by atoms with Crippen LogP contribution < -0.4 is 4.74 Å². The van der Waals surface area contributed by atoms with Crippen molar-refractivity contribution in [3.05, 3.63) is 11.8 Å². The maximum absolute atomic E-state index is 11.5. The summed E-state index contributed by atoms with van der Waals surface area (Å²) in [6.45, 7) is 0. The summed E-state index contributed by atoms with van der Waals surface area (Å²) in [4.78, 5) is 29.7. The fourth-order valence-electron chi connectivity index (χ4n) is 1.03. The first-order valence-electron chi connectivity index (χ1n) is 4.28. The summed E-state index contributed by atoms with van der Waals surface area (Å²) < 4.78 is 4.91. The number of rotatable bonds is 5. The quantitative estimate of drug-likeness (QED) is 0.354. The van der Waals surface area contributed by atoms with Crippen LogP contribution in [0.3, 0.4) is 0 Å². The molecule has 16 heavy (non-hydrogen) atoms. The Balaban J connectivity index is 3.03. The molecular formula is C9H10N2O4S. The van der Waals surface area contributed by atoms with Crippen molar-refractivity contribution in [2.24, 2.45) is 0 Å². The first-order valence-corrected chi connectivity index (χ1v) is 5.51. The zero-order chi connectivity index (χ0) is 12.1. The zero-order valence-corrected chi connectivity index (χ0v) is 9.58. The number of thioether (sulfide) groups is 1. The van der Waals surface area contributed by atoms with E-state index in [1.54, 1.807) is 6.26 Å². The molecule has 0 aliphatic rings. The zero-order valence-electron chi connectivity index (χ0n) is 8.76. The highest BCUT2D eigenvalue weighted by Crippen LogP contribution is 2.19. The van der Waals surface area contributed by atoms with Gasteiger partial charge in [-0.15, -0.1) is 0 Å². The van der Waals surface area contributed by atoms with Crippen LogP contribution >= 0.6 is 11.8 Å². The lowest BCUT2D eigenvalue weighted by Crippen LogP contribution is -2.10. The SMILES string of the molecule is COc1nc(SC)ncc1C(=O)CC(=O)O. The Kier molecular flexibility index (Phi) is 4.24. The number of carboxylic acid groups (broad SMARTS) is 1. The van der Waals surface area contributed by atoms with Gasteiger partial charge >= 0.3 is 5.97 Å². The normalized spacial score (nSPS) is 9.88. The number of carboxylic acids is 1. The molecule has 7 heteroatoms. The minimum Gasteiger partial charge on any atom is -0.481 e. The van der Waals surface area contributed by atoms with E-state index in [2.05, 4.69) is 9.97 Å². The number of ketones is 1. The third-order valence-corrected chi connectivity index (χ3v) is 2.28. The van der Waals surface area contributed by atoms with Crippen LogP contribution in [-0.4, -0.2) is 40.2 Å². The molecule has 0 spiro atoms. The lowest BCUT2D eigenvalue weighted by molar-refractivity contribution is -0.135. The molecule has 0 unspecified atom stereocenters. The molecule has 0 aliphatic heterocycles. The Hall–Kier alpha value is -1.63. The number of nitrogens with zero attached hydrogens (tertiary/aromatic N) is 2. The van der Waals surface area contributed by atoms with Crippen LogP contribution in [0.4, 0.5) is 0 Å². The molecular weight excluding hydrogens is 232 g/mol. The average molecular weight is 242 g/mol. The molecule has 0 amide bonds. The van der Waals surface area contributed by atoms with Gasteiger partial charge in [0.05, 0.1) is 12.7 Å². The molecule has 0 atom stereocenters. The number of carbonyl (C=O) groups excluding carboxylic acids is 1. The summed E-state index contributed by atoms with van der Waals surface area (Å²) in [7, 11) is 1.37. The van der Waals surface area contributed by atoms with Crippen LogP contribution in [0.5, 0.6) is 5.88 Å². The van der Waals surface area contributed by atoms with E-state index in [0.29, 0.717) is 5.16 Å². The summed E-state index contributed by atoms with van der Waals surface area (Å²) in [5.74, 6) is -1.66. The number of carbonyl (C=O) groups is 2. The van der Waals surface area contributed by atoms with Crippen LogP contribution in [-0.2, 0) is 4.79 Å². The smallest absolute Gasteiger partial charge is 0.311 e. The van der Waals surface area contributed by atoms with Gasteiger partial charge in [0.25, 0.3) is 0 Å². The van der Waals surface area contributed by atoms with E-state index in [1.165, 1.54) is 25.1 Å². The van der Waals surface area contributed by atoms with Gasteiger partial charge in [0.1, 0.15) is 6.42 Å². The summed E-state index contributed by atoms with van der Waals surface area (Å²) in [6, 6.07) is 0. The maximum Gasteiger partial charge on any atom is 0.311 e. The van der Waals surface area contributed by atoms with E-state index in [-0.39, 0.29) is 11.4 Å². The third-order valence-electron chi connectivity index (χ3n) is 1.72. The molecule has 1 rings (SSSR count). The molecule has 86 valence electrons. The van der Waals surface area contributed by atoms with E-state index in [1.807, 2.05) is 0 Å². The number of methoxy groups -OCH3 is 1. The Morgan fingerprint density at radius 2 is 2.25 bits per heavy atom. The van der Waals surface area contributed by atoms with Gasteiger partial charge in [0.2, 0.25) is 5.88 Å². The van der Waals surface area contributed by atoms with Gasteiger partial charge in [0.15, 0.2) is 10.9 Å². The van der Waals surface area contributed by atoms with E-state index in [4.69, 9.17) is 9.84 Å². The lowest BCUT2D eigenvalue weighted by atomic mass is 10.1. The van der Waals surface area contributed by atoms with E-state index >= 15 is 0 Å². The number of hydrogen-bond donors (Lipinski definition) is 1. The first-order chi connectivity index (χ1) is 7.58. The summed E-state index contributed by atoms with van der Waals surface area (Å²) in [5.41, 5.74) is 0.0858. The second-order valence-electron chi connectivity index (χ2n) is 2.77. The molecule has 1 aromatic heterocycles. The van der Waals surface area contributed by atoms with Crippen molar-refractivity contribution in [2.75, 3.05) is 13.4 Å². The van der Waals surface area contributed by atoms with Gasteiger partial charge in [-0.05, 0) is 6.26 Å². The Morgan fingerprint density at radius 1 is 1.56 bits per heavy atom. The number of Topliss-reactive ketones (excluding diaryl/α,β-unsaturated/α-hetero) is 1. The van der Waals surface area contributed by atoms with Crippen molar-refractivity contribution in [3.63, 3.8) is 0 Å². The molecule has 0 aromatic carbocycles. The Labute approximate surface area is 96.0 Å². The highest BCUT2D eigenvalue weighted by atomic mass is 32.2. The van der Waals surface area contributed by atoms with Crippen molar-refractivity contribution < 1.29 is 19.4 Å². The second-order valence-corrected chi connectivity index (χ2v) is 3.55. The number of aromatic nitrogens is 2. The maximum atomic E-state index is 11.5. The predicted molar refractivity (Wildman–Crippen MR) is 56.9 cm³/mol. The summed E-state index contributed by atoms with van der Waals surface area (Å²) in [6.07, 6.45) is 2.47. The fraction of sp³-hybridized carbons (Fsp3) is 0.333. The molecule has 1 heterocycles.